The highest BCUT2D eigenvalue weighted by molar-refractivity contribution is 5.80. The van der Waals surface area contributed by atoms with Crippen LogP contribution in [-0.4, -0.2) is 23.7 Å². The van der Waals surface area contributed by atoms with Crippen LogP contribution in [0.25, 0.3) is 0 Å². The Bertz CT molecular complexity index is 376. The van der Waals surface area contributed by atoms with Crippen LogP contribution in [0.4, 0.5) is 0 Å². The van der Waals surface area contributed by atoms with Gasteiger partial charge in [-0.15, -0.1) is 0 Å². The summed E-state index contributed by atoms with van der Waals surface area (Å²) < 4.78 is 5.40. The van der Waals surface area contributed by atoms with Crippen molar-refractivity contribution in [1.82, 2.24) is 5.32 Å². The maximum atomic E-state index is 11.3. The lowest BCUT2D eigenvalue weighted by Gasteiger charge is -2.12. The molecule has 0 spiro atoms. The van der Waals surface area contributed by atoms with Crippen molar-refractivity contribution in [2.24, 2.45) is 0 Å². The molecular formula is C11H13NO3. The number of fused-ring (bicyclic) bond motifs is 1. The molecule has 1 aromatic carbocycles. The zero-order chi connectivity index (χ0) is 10.8. The normalized spacial score (nSPS) is 20.3. The molecule has 2 unspecified atom stereocenters. The van der Waals surface area contributed by atoms with Crippen LogP contribution in [0.2, 0.25) is 0 Å². The molecule has 1 aliphatic rings. The molecule has 4 nitrogen and oxygen atoms in total. The van der Waals surface area contributed by atoms with Crippen LogP contribution in [0, 0.1) is 0 Å². The van der Waals surface area contributed by atoms with Gasteiger partial charge in [0.15, 0.2) is 0 Å². The summed E-state index contributed by atoms with van der Waals surface area (Å²) >= 11 is 0. The van der Waals surface area contributed by atoms with Crippen molar-refractivity contribution >= 4 is 5.91 Å². The number of nitrogens with one attached hydrogen (secondary N) is 1. The number of aliphatic hydroxyl groups is 1. The number of ether oxygens (including phenoxy) is 1. The van der Waals surface area contributed by atoms with Gasteiger partial charge in [-0.1, -0.05) is 18.2 Å². The molecule has 1 aromatic rings. The van der Waals surface area contributed by atoms with E-state index in [0.717, 1.165) is 11.3 Å². The highest BCUT2D eigenvalue weighted by Crippen LogP contribution is 2.31. The van der Waals surface area contributed by atoms with E-state index >= 15 is 0 Å². The number of amides is 1. The maximum Gasteiger partial charge on any atom is 0.249 e. The number of hydrogen-bond donors (Lipinski definition) is 2. The van der Waals surface area contributed by atoms with Crippen LogP contribution >= 0.6 is 0 Å². The highest BCUT2D eigenvalue weighted by atomic mass is 16.5. The van der Waals surface area contributed by atoms with Crippen molar-refractivity contribution in [3.8, 4) is 5.75 Å². The van der Waals surface area contributed by atoms with E-state index in [1.807, 2.05) is 24.3 Å². The first-order chi connectivity index (χ1) is 7.18. The summed E-state index contributed by atoms with van der Waals surface area (Å²) in [5, 5.41) is 11.8. The van der Waals surface area contributed by atoms with Gasteiger partial charge in [0.05, 0.1) is 6.04 Å². The van der Waals surface area contributed by atoms with E-state index < -0.39 is 6.10 Å². The molecule has 0 fully saturated rings. The van der Waals surface area contributed by atoms with E-state index in [1.54, 1.807) is 0 Å². The van der Waals surface area contributed by atoms with Crippen LogP contribution in [-0.2, 0) is 4.79 Å². The lowest BCUT2D eigenvalue weighted by atomic mass is 10.1. The van der Waals surface area contributed by atoms with Gasteiger partial charge in [-0.3, -0.25) is 4.79 Å². The Hall–Kier alpha value is -1.55. The predicted molar refractivity (Wildman–Crippen MR) is 54.5 cm³/mol. The summed E-state index contributed by atoms with van der Waals surface area (Å²) in [4.78, 5) is 11.3. The molecule has 1 amide bonds. The second kappa shape index (κ2) is 3.90. The van der Waals surface area contributed by atoms with E-state index in [9.17, 15) is 4.79 Å². The molecule has 0 radical (unpaired) electrons. The van der Waals surface area contributed by atoms with Gasteiger partial charge >= 0.3 is 0 Å². The van der Waals surface area contributed by atoms with Crippen molar-refractivity contribution in [2.75, 3.05) is 6.61 Å². The summed E-state index contributed by atoms with van der Waals surface area (Å²) in [5.41, 5.74) is 0.964. The molecule has 2 N–H and O–H groups in total. The predicted octanol–water partition coefficient (Wildman–Crippen LogP) is 0.617. The van der Waals surface area contributed by atoms with Gasteiger partial charge < -0.3 is 15.2 Å². The first kappa shape index (κ1) is 9.98. The molecule has 0 aliphatic carbocycles. The molecule has 80 valence electrons. The molecular weight excluding hydrogens is 194 g/mol. The van der Waals surface area contributed by atoms with Crippen LogP contribution in [0.1, 0.15) is 18.5 Å². The van der Waals surface area contributed by atoms with Gasteiger partial charge in [-0.2, -0.15) is 0 Å². The third-order valence-electron chi connectivity index (χ3n) is 2.40. The average Bonchev–Trinajstić information content (AvgIpc) is 2.62. The molecule has 2 rings (SSSR count). The molecule has 0 saturated heterocycles. The quantitative estimate of drug-likeness (QED) is 0.747. The number of para-hydroxylation sites is 1. The Morgan fingerprint density at radius 3 is 3.07 bits per heavy atom. The molecule has 0 bridgehead atoms. The van der Waals surface area contributed by atoms with Crippen molar-refractivity contribution in [3.63, 3.8) is 0 Å². The average molecular weight is 207 g/mol. The zero-order valence-electron chi connectivity index (χ0n) is 8.43. The van der Waals surface area contributed by atoms with Crippen LogP contribution in [0.15, 0.2) is 24.3 Å². The number of carbonyl (C=O) groups is 1. The summed E-state index contributed by atoms with van der Waals surface area (Å²) in [7, 11) is 0. The van der Waals surface area contributed by atoms with Gasteiger partial charge in [-0.05, 0) is 13.0 Å². The fourth-order valence-electron chi connectivity index (χ4n) is 1.57. The minimum absolute atomic E-state index is 0.150. The van der Waals surface area contributed by atoms with Gasteiger partial charge in [0.25, 0.3) is 0 Å². The Kier molecular flexibility index (Phi) is 2.60. The summed E-state index contributed by atoms with van der Waals surface area (Å²) in [5.74, 6) is 0.425. The highest BCUT2D eigenvalue weighted by Gasteiger charge is 2.25. The van der Waals surface area contributed by atoms with E-state index in [1.165, 1.54) is 6.92 Å². The first-order valence-electron chi connectivity index (χ1n) is 4.88. The fraction of sp³-hybridized carbons (Fsp3) is 0.364. The van der Waals surface area contributed by atoms with Gasteiger partial charge in [0.2, 0.25) is 5.91 Å². The van der Waals surface area contributed by atoms with E-state index in [2.05, 4.69) is 5.32 Å². The first-order valence-corrected chi connectivity index (χ1v) is 4.88. The number of aliphatic hydroxyl groups excluding tert-OH is 1. The minimum Gasteiger partial charge on any atom is -0.491 e. The van der Waals surface area contributed by atoms with Crippen molar-refractivity contribution in [1.29, 1.82) is 0 Å². The third-order valence-corrected chi connectivity index (χ3v) is 2.40. The fourth-order valence-corrected chi connectivity index (χ4v) is 1.57. The monoisotopic (exact) mass is 207 g/mol. The maximum absolute atomic E-state index is 11.3. The Labute approximate surface area is 87.9 Å². The molecule has 0 saturated carbocycles. The standard InChI is InChI=1S/C11H13NO3/c1-7(13)11(14)12-9-6-15-10-5-3-2-4-8(9)10/h2-5,7,9,13H,6H2,1H3,(H,12,14). The number of carbonyl (C=O) groups excluding carboxylic acids is 1. The Morgan fingerprint density at radius 2 is 2.33 bits per heavy atom. The molecule has 1 heterocycles. The van der Waals surface area contributed by atoms with Crippen molar-refractivity contribution < 1.29 is 14.6 Å². The van der Waals surface area contributed by atoms with E-state index in [0.29, 0.717) is 6.61 Å². The van der Waals surface area contributed by atoms with Gasteiger partial charge in [0, 0.05) is 5.56 Å². The minimum atomic E-state index is -0.988. The number of hydrogen-bond acceptors (Lipinski definition) is 3. The summed E-state index contributed by atoms with van der Waals surface area (Å²) in [6, 6.07) is 7.41. The number of rotatable bonds is 2. The molecule has 4 heteroatoms. The second-order valence-corrected chi connectivity index (χ2v) is 3.59. The largest absolute Gasteiger partial charge is 0.491 e. The van der Waals surface area contributed by atoms with Gasteiger partial charge in [0.1, 0.15) is 18.5 Å². The van der Waals surface area contributed by atoms with Gasteiger partial charge in [-0.25, -0.2) is 0 Å². The zero-order valence-corrected chi connectivity index (χ0v) is 8.43. The molecule has 1 aliphatic heterocycles. The lowest BCUT2D eigenvalue weighted by Crippen LogP contribution is -2.36. The second-order valence-electron chi connectivity index (χ2n) is 3.59. The smallest absolute Gasteiger partial charge is 0.249 e. The summed E-state index contributed by atoms with van der Waals surface area (Å²) in [6.45, 7) is 1.87. The summed E-state index contributed by atoms with van der Waals surface area (Å²) in [6.07, 6.45) is -0.988. The van der Waals surface area contributed by atoms with Crippen molar-refractivity contribution in [2.45, 2.75) is 19.1 Å². The van der Waals surface area contributed by atoms with Crippen LogP contribution in [0.3, 0.4) is 0 Å². The molecule has 15 heavy (non-hydrogen) atoms. The topological polar surface area (TPSA) is 58.6 Å². The molecule has 0 aromatic heterocycles. The van der Waals surface area contributed by atoms with E-state index in [-0.39, 0.29) is 11.9 Å². The lowest BCUT2D eigenvalue weighted by molar-refractivity contribution is -0.129. The van der Waals surface area contributed by atoms with Crippen LogP contribution in [0.5, 0.6) is 5.75 Å². The Morgan fingerprint density at radius 1 is 1.60 bits per heavy atom. The third kappa shape index (κ3) is 1.94. The van der Waals surface area contributed by atoms with Crippen molar-refractivity contribution in [3.05, 3.63) is 29.8 Å². The van der Waals surface area contributed by atoms with Crippen LogP contribution < -0.4 is 10.1 Å². The SMILES string of the molecule is CC(O)C(=O)NC1COc2ccccc21. The molecule has 2 atom stereocenters. The van der Waals surface area contributed by atoms with E-state index in [4.69, 9.17) is 9.84 Å². The Balaban J connectivity index is 2.11. The number of benzene rings is 1.